The minimum Gasteiger partial charge on any atom is -0.296 e. The Kier molecular flexibility index (Phi) is 2.83. The molecule has 3 rings (SSSR count). The molecular weight excluding hydrogens is 278 g/mol. The van der Waals surface area contributed by atoms with Crippen molar-refractivity contribution in [1.82, 2.24) is 9.38 Å². The lowest BCUT2D eigenvalue weighted by Crippen LogP contribution is -1.92. The van der Waals surface area contributed by atoms with Gasteiger partial charge < -0.3 is 0 Å². The number of fused-ring (bicyclic) bond motifs is 1. The van der Waals surface area contributed by atoms with Gasteiger partial charge in [-0.1, -0.05) is 12.1 Å². The molecule has 0 fully saturated rings. The van der Waals surface area contributed by atoms with Gasteiger partial charge in [0.05, 0.1) is 4.92 Å². The topological polar surface area (TPSA) is 77.5 Å². The van der Waals surface area contributed by atoms with Gasteiger partial charge in [0.2, 0.25) is 0 Å². The Balaban J connectivity index is 2.23. The van der Waals surface area contributed by atoms with Gasteiger partial charge in [0.1, 0.15) is 11.4 Å². The quantitative estimate of drug-likeness (QED) is 0.421. The number of aromatic nitrogens is 2. The zero-order chi connectivity index (χ0) is 14.3. The first-order chi connectivity index (χ1) is 9.60. The number of carbonyl (C=O) groups is 1. The monoisotopic (exact) mass is 287 g/mol. The molecule has 7 heteroatoms. The van der Waals surface area contributed by atoms with E-state index < -0.39 is 4.92 Å². The van der Waals surface area contributed by atoms with Crippen LogP contribution in [0.3, 0.4) is 0 Å². The number of thiazole rings is 1. The maximum absolute atomic E-state index is 11.3. The highest BCUT2D eigenvalue weighted by Gasteiger charge is 2.17. The summed E-state index contributed by atoms with van der Waals surface area (Å²) in [5.41, 5.74) is 1.42. The van der Waals surface area contributed by atoms with E-state index in [2.05, 4.69) is 4.98 Å². The van der Waals surface area contributed by atoms with E-state index in [0.29, 0.717) is 21.9 Å². The molecule has 0 unspecified atom stereocenters. The van der Waals surface area contributed by atoms with Crippen molar-refractivity contribution in [3.05, 3.63) is 51.1 Å². The van der Waals surface area contributed by atoms with Crippen LogP contribution in [0.15, 0.2) is 30.5 Å². The predicted octanol–water partition coefficient (Wildman–Crippen LogP) is 3.09. The zero-order valence-electron chi connectivity index (χ0n) is 10.4. The molecule has 0 bridgehead atoms. The van der Waals surface area contributed by atoms with E-state index in [0.717, 1.165) is 11.2 Å². The SMILES string of the molecule is Cc1cn2c(C=O)c(-c3cccc([N+](=O)[O-])c3)nc2s1. The minimum absolute atomic E-state index is 0.0214. The third kappa shape index (κ3) is 1.88. The van der Waals surface area contributed by atoms with Crippen molar-refractivity contribution in [2.75, 3.05) is 0 Å². The summed E-state index contributed by atoms with van der Waals surface area (Å²) in [6, 6.07) is 6.12. The highest BCUT2D eigenvalue weighted by Crippen LogP contribution is 2.29. The summed E-state index contributed by atoms with van der Waals surface area (Å²) in [7, 11) is 0. The molecule has 0 aliphatic heterocycles. The number of nitro groups is 1. The van der Waals surface area contributed by atoms with Crippen molar-refractivity contribution >= 4 is 28.3 Å². The van der Waals surface area contributed by atoms with Crippen LogP contribution in [0.2, 0.25) is 0 Å². The number of nitrogens with zero attached hydrogens (tertiary/aromatic N) is 3. The van der Waals surface area contributed by atoms with Crippen molar-refractivity contribution in [2.45, 2.75) is 6.92 Å². The van der Waals surface area contributed by atoms with Gasteiger partial charge >= 0.3 is 0 Å². The summed E-state index contributed by atoms with van der Waals surface area (Å²) in [5, 5.41) is 10.8. The number of aldehydes is 1. The van der Waals surface area contributed by atoms with Gasteiger partial charge in [-0.3, -0.25) is 19.3 Å². The van der Waals surface area contributed by atoms with Crippen LogP contribution in [0.5, 0.6) is 0 Å². The van der Waals surface area contributed by atoms with E-state index in [1.165, 1.54) is 23.5 Å². The molecule has 0 radical (unpaired) electrons. The average molecular weight is 287 g/mol. The zero-order valence-corrected chi connectivity index (χ0v) is 11.3. The van der Waals surface area contributed by atoms with Crippen LogP contribution >= 0.6 is 11.3 Å². The molecule has 0 saturated heterocycles. The largest absolute Gasteiger partial charge is 0.296 e. The Labute approximate surface area is 117 Å². The molecule has 20 heavy (non-hydrogen) atoms. The normalized spacial score (nSPS) is 10.8. The molecular formula is C13H9N3O3S. The molecule has 0 aliphatic rings. The van der Waals surface area contributed by atoms with E-state index in [4.69, 9.17) is 0 Å². The summed E-state index contributed by atoms with van der Waals surface area (Å²) in [5.74, 6) is 0. The lowest BCUT2D eigenvalue weighted by molar-refractivity contribution is -0.384. The van der Waals surface area contributed by atoms with E-state index in [1.807, 2.05) is 13.1 Å². The number of imidazole rings is 1. The number of hydrogen-bond donors (Lipinski definition) is 0. The molecule has 2 aromatic heterocycles. The minimum atomic E-state index is -0.466. The summed E-state index contributed by atoms with van der Waals surface area (Å²) in [6.07, 6.45) is 2.55. The van der Waals surface area contributed by atoms with Crippen molar-refractivity contribution in [3.63, 3.8) is 0 Å². The number of hydrogen-bond acceptors (Lipinski definition) is 5. The smallest absolute Gasteiger partial charge is 0.270 e. The first kappa shape index (κ1) is 12.5. The number of non-ortho nitro benzene ring substituents is 1. The standard InChI is InChI=1S/C13H9N3O3S/c1-8-6-15-11(7-17)12(14-13(15)20-8)9-3-2-4-10(5-9)16(18)19/h2-7H,1H3. The van der Waals surface area contributed by atoms with Crippen LogP contribution in [0, 0.1) is 17.0 Å². The molecule has 0 N–H and O–H groups in total. The molecule has 0 atom stereocenters. The van der Waals surface area contributed by atoms with E-state index in [9.17, 15) is 14.9 Å². The first-order valence-electron chi connectivity index (χ1n) is 5.78. The number of aryl methyl sites for hydroxylation is 1. The molecule has 1 aromatic carbocycles. The Morgan fingerprint density at radius 1 is 1.45 bits per heavy atom. The lowest BCUT2D eigenvalue weighted by Gasteiger charge is -1.98. The van der Waals surface area contributed by atoms with Crippen LogP contribution in [-0.2, 0) is 0 Å². The molecule has 6 nitrogen and oxygen atoms in total. The number of carbonyl (C=O) groups excluding carboxylic acids is 1. The summed E-state index contributed by atoms with van der Waals surface area (Å²) < 4.78 is 1.71. The highest BCUT2D eigenvalue weighted by molar-refractivity contribution is 7.17. The van der Waals surface area contributed by atoms with E-state index >= 15 is 0 Å². The Hall–Kier alpha value is -2.54. The number of rotatable bonds is 3. The van der Waals surface area contributed by atoms with Crippen LogP contribution < -0.4 is 0 Å². The second kappa shape index (κ2) is 4.53. The fraction of sp³-hybridized carbons (Fsp3) is 0.0769. The van der Waals surface area contributed by atoms with E-state index in [-0.39, 0.29) is 5.69 Å². The number of nitro benzene ring substituents is 1. The van der Waals surface area contributed by atoms with Gasteiger partial charge in [0.15, 0.2) is 11.2 Å². The van der Waals surface area contributed by atoms with Crippen LogP contribution in [-0.4, -0.2) is 20.6 Å². The summed E-state index contributed by atoms with van der Waals surface area (Å²) in [4.78, 5) is 27.8. The Bertz CT molecular complexity index is 835. The summed E-state index contributed by atoms with van der Waals surface area (Å²) in [6.45, 7) is 1.93. The third-order valence-electron chi connectivity index (χ3n) is 2.92. The maximum Gasteiger partial charge on any atom is 0.270 e. The molecule has 0 amide bonds. The maximum atomic E-state index is 11.3. The Morgan fingerprint density at radius 3 is 2.95 bits per heavy atom. The van der Waals surface area contributed by atoms with Gasteiger partial charge in [-0.2, -0.15) is 0 Å². The molecule has 0 spiro atoms. The second-order valence-corrected chi connectivity index (χ2v) is 5.48. The highest BCUT2D eigenvalue weighted by atomic mass is 32.1. The van der Waals surface area contributed by atoms with Gasteiger partial charge in [-0.25, -0.2) is 4.98 Å². The van der Waals surface area contributed by atoms with Crippen molar-refractivity contribution in [1.29, 1.82) is 0 Å². The van der Waals surface area contributed by atoms with Crippen LogP contribution in [0.4, 0.5) is 5.69 Å². The van der Waals surface area contributed by atoms with Gasteiger partial charge in [-0.05, 0) is 6.92 Å². The van der Waals surface area contributed by atoms with Crippen LogP contribution in [0.1, 0.15) is 15.4 Å². The first-order valence-corrected chi connectivity index (χ1v) is 6.60. The molecule has 2 heterocycles. The van der Waals surface area contributed by atoms with Gasteiger partial charge in [-0.15, -0.1) is 11.3 Å². The lowest BCUT2D eigenvalue weighted by atomic mass is 10.1. The molecule has 0 aliphatic carbocycles. The van der Waals surface area contributed by atoms with E-state index in [1.54, 1.807) is 16.5 Å². The predicted molar refractivity (Wildman–Crippen MR) is 75.3 cm³/mol. The van der Waals surface area contributed by atoms with Crippen molar-refractivity contribution < 1.29 is 9.72 Å². The third-order valence-corrected chi connectivity index (χ3v) is 3.82. The van der Waals surface area contributed by atoms with Crippen molar-refractivity contribution in [3.8, 4) is 11.3 Å². The van der Waals surface area contributed by atoms with Gasteiger partial charge in [0, 0.05) is 28.8 Å². The fourth-order valence-electron chi connectivity index (χ4n) is 2.06. The molecule has 100 valence electrons. The number of benzene rings is 1. The second-order valence-electron chi connectivity index (χ2n) is 4.27. The molecule has 0 saturated carbocycles. The van der Waals surface area contributed by atoms with Crippen LogP contribution in [0.25, 0.3) is 16.2 Å². The Morgan fingerprint density at radius 2 is 2.25 bits per heavy atom. The molecule has 3 aromatic rings. The van der Waals surface area contributed by atoms with Crippen molar-refractivity contribution in [2.24, 2.45) is 0 Å². The summed E-state index contributed by atoms with van der Waals surface area (Å²) >= 11 is 1.47. The van der Waals surface area contributed by atoms with Gasteiger partial charge in [0.25, 0.3) is 5.69 Å². The average Bonchev–Trinajstić information content (AvgIpc) is 2.94. The fourth-order valence-corrected chi connectivity index (χ4v) is 2.90.